The van der Waals surface area contributed by atoms with Gasteiger partial charge < -0.3 is 34.2 Å². The van der Waals surface area contributed by atoms with Gasteiger partial charge in [-0.25, -0.2) is 9.13 Å². The molecule has 0 aromatic heterocycles. The Morgan fingerprint density at radius 2 is 0.411 bits per heavy atom. The maximum atomic E-state index is 13.1. The van der Waals surface area contributed by atoms with Crippen LogP contribution in [0.5, 0.6) is 0 Å². The Bertz CT molecular complexity index is 3080. The molecule has 0 saturated carbocycles. The molecule has 0 aliphatic rings. The summed E-state index contributed by atoms with van der Waals surface area (Å²) in [5, 5.41) is 20.8. The highest BCUT2D eigenvalue weighted by Gasteiger charge is 2.30. The van der Waals surface area contributed by atoms with Gasteiger partial charge in [0.2, 0.25) is 0 Å². The number of carbonyl (C=O) groups is 3. The van der Waals surface area contributed by atoms with E-state index in [9.17, 15) is 43.5 Å². The summed E-state index contributed by atoms with van der Waals surface area (Å²) < 4.78 is 61.7. The Balaban J connectivity index is 4.57. The lowest BCUT2D eigenvalue weighted by molar-refractivity contribution is -0.161. The zero-order valence-corrected chi connectivity index (χ0v) is 83.8. The van der Waals surface area contributed by atoms with E-state index in [0.29, 0.717) is 19.3 Å². The van der Waals surface area contributed by atoms with Gasteiger partial charge in [0.25, 0.3) is 0 Å². The molecule has 18 heteroatoms. The van der Waals surface area contributed by atoms with Gasteiger partial charge in [0.05, 0.1) is 26.4 Å². The summed E-state index contributed by atoms with van der Waals surface area (Å²) in [6, 6.07) is 0. The highest BCUT2D eigenvalue weighted by molar-refractivity contribution is 7.47. The first kappa shape index (κ1) is 124. The molecule has 0 amide bonds. The number of aliphatic hydroxyl groups is 2. The van der Waals surface area contributed by atoms with Crippen LogP contribution in [0, 0.1) is 0 Å². The molecule has 0 aromatic carbocycles. The van der Waals surface area contributed by atoms with Crippen LogP contribution in [0.2, 0.25) is 0 Å². The van der Waals surface area contributed by atoms with E-state index >= 15 is 0 Å². The van der Waals surface area contributed by atoms with Gasteiger partial charge >= 0.3 is 33.6 Å². The Labute approximate surface area is 789 Å². The summed E-state index contributed by atoms with van der Waals surface area (Å²) in [6.07, 6.45) is 135. The lowest BCUT2D eigenvalue weighted by atomic mass is 10.0. The number of hydrogen-bond acceptors (Lipinski definition) is 14. The van der Waals surface area contributed by atoms with Gasteiger partial charge in [-0.15, -0.1) is 0 Å². The fourth-order valence-corrected chi connectivity index (χ4v) is 15.9. The minimum Gasteiger partial charge on any atom is -0.463 e. The molecule has 0 aliphatic heterocycles. The molecule has 0 fully saturated rings. The summed E-state index contributed by atoms with van der Waals surface area (Å²) >= 11 is 0. The van der Waals surface area contributed by atoms with E-state index in [0.717, 1.165) is 161 Å². The van der Waals surface area contributed by atoms with Crippen molar-refractivity contribution in [2.24, 2.45) is 0 Å². The normalized spacial score (nSPS) is 14.4. The second-order valence-corrected chi connectivity index (χ2v) is 37.5. The maximum Gasteiger partial charge on any atom is 0.472 e. The second kappa shape index (κ2) is 102. The van der Waals surface area contributed by atoms with Crippen LogP contribution in [0.3, 0.4) is 0 Å². The van der Waals surface area contributed by atoms with Crippen molar-refractivity contribution < 1.29 is 75.8 Å². The largest absolute Gasteiger partial charge is 0.472 e. The number of allylic oxidation sites excluding steroid dienone is 30. The number of esters is 3. The van der Waals surface area contributed by atoms with Crippen LogP contribution >= 0.6 is 15.6 Å². The average Bonchev–Trinajstić information content (AvgIpc) is 0.895. The van der Waals surface area contributed by atoms with Crippen LogP contribution in [-0.4, -0.2) is 95.9 Å². The van der Waals surface area contributed by atoms with Crippen LogP contribution in [-0.2, 0) is 55.8 Å². The van der Waals surface area contributed by atoms with E-state index in [4.69, 9.17) is 32.3 Å². The van der Waals surface area contributed by atoms with Gasteiger partial charge in [-0.2, -0.15) is 0 Å². The molecule has 0 aliphatic carbocycles. The zero-order chi connectivity index (χ0) is 93.5. The van der Waals surface area contributed by atoms with Crippen LogP contribution in [0.1, 0.15) is 445 Å². The lowest BCUT2D eigenvalue weighted by Crippen LogP contribution is -2.30. The SMILES string of the molecule is CC/C=C\C/C=C\C/C=C\C/C=C\C/C=C\C/C=C\CCCCCCCCCCCCCCCCCCC(=O)OCC(O)COP(=O)(O)OCC(O)COP(=O)(O)OCC(COC(=O)CCCCCCCCCCCCCCCCCCC/C=C\C/C=C\C/C=C\C/C=C\C/C=C\CC)OC(=O)CCCCCCCCCCC/C=C\C/C=C\C/C=C\C/C=C\CCCCC. The van der Waals surface area contributed by atoms with E-state index in [1.165, 1.54) is 225 Å². The standard InChI is InChI=1S/C111H190O16P2/c1-4-7-10-13-16-19-22-25-28-31-34-37-40-43-45-47-49-51-52-54-56-57-59-62-64-67-70-73-76-79-82-85-88-91-94-97-109(114)121-100-106(112)101-123-128(117,118)124-102-107(113)103-125-129(119,120)126-105-108(127-111(116)99-96-93-90-87-84-81-78-75-72-69-66-61-42-39-36-33-30-27-24-21-18-15-12-9-6-3)104-122-110(115)98-95-92-89-86-83-80-77-74-71-68-65-63-60-58-55-53-50-48-46-44-41-38-35-32-29-26-23-20-17-14-11-8-5-2/h7-8,10-11,16-21,25-30,34-39,43-46,49,51,61,66,106-108,112-113H,4-6,9,12-15,22-24,31-33,40-42,47-48,50,52-60,62-65,67-105H2,1-3H3,(H,117,118)(H,119,120)/b10-7-,11-8-,19-16-,20-17-,21-18-,28-25-,29-26-,30-27-,37-34-,38-35-,39-36-,45-43-,46-44-,51-49-,66-61-. The fourth-order valence-electron chi connectivity index (χ4n) is 14.3. The van der Waals surface area contributed by atoms with Crippen molar-refractivity contribution in [3.63, 3.8) is 0 Å². The van der Waals surface area contributed by atoms with E-state index in [1.54, 1.807) is 0 Å². The number of hydrogen-bond donors (Lipinski definition) is 4. The predicted molar refractivity (Wildman–Crippen MR) is 546 cm³/mol. The van der Waals surface area contributed by atoms with Gasteiger partial charge in [0.1, 0.15) is 25.4 Å². The zero-order valence-electron chi connectivity index (χ0n) is 82.0. The van der Waals surface area contributed by atoms with E-state index in [1.807, 2.05) is 0 Å². The average molecular weight is 1840 g/mol. The third-order valence-electron chi connectivity index (χ3n) is 22.1. The maximum absolute atomic E-state index is 13.1. The number of phosphoric acid groups is 2. The van der Waals surface area contributed by atoms with E-state index < -0.39 is 91.5 Å². The van der Waals surface area contributed by atoms with Gasteiger partial charge in [0.15, 0.2) is 6.10 Å². The molecule has 0 saturated heterocycles. The Morgan fingerprint density at radius 1 is 0.225 bits per heavy atom. The molecule has 0 aromatic rings. The summed E-state index contributed by atoms with van der Waals surface area (Å²) in [5.74, 6) is -1.56. The highest BCUT2D eigenvalue weighted by Crippen LogP contribution is 2.45. The van der Waals surface area contributed by atoms with Crippen molar-refractivity contribution in [1.29, 1.82) is 0 Å². The quantitative estimate of drug-likeness (QED) is 0.0146. The van der Waals surface area contributed by atoms with Crippen molar-refractivity contribution in [2.45, 2.75) is 463 Å². The van der Waals surface area contributed by atoms with Crippen molar-refractivity contribution in [3.8, 4) is 0 Å². The molecule has 5 atom stereocenters. The van der Waals surface area contributed by atoms with Crippen LogP contribution in [0.15, 0.2) is 182 Å². The molecule has 740 valence electrons. The van der Waals surface area contributed by atoms with Crippen LogP contribution in [0.4, 0.5) is 0 Å². The smallest absolute Gasteiger partial charge is 0.463 e. The molecule has 16 nitrogen and oxygen atoms in total. The van der Waals surface area contributed by atoms with Crippen LogP contribution in [0.25, 0.3) is 0 Å². The minimum atomic E-state index is -4.95. The molecule has 0 spiro atoms. The number of aliphatic hydroxyl groups excluding tert-OH is 2. The number of unbranched alkanes of at least 4 members (excludes halogenated alkanes) is 45. The topological polar surface area (TPSA) is 231 Å². The molecule has 4 N–H and O–H groups in total. The molecule has 0 heterocycles. The number of ether oxygens (including phenoxy) is 3. The molecule has 0 rings (SSSR count). The first-order chi connectivity index (χ1) is 63.2. The third-order valence-corrected chi connectivity index (χ3v) is 24.0. The van der Waals surface area contributed by atoms with Gasteiger partial charge in [-0.3, -0.25) is 32.5 Å². The summed E-state index contributed by atoms with van der Waals surface area (Å²) in [5.41, 5.74) is 0. The first-order valence-corrected chi connectivity index (χ1v) is 55.1. The van der Waals surface area contributed by atoms with Crippen molar-refractivity contribution in [1.82, 2.24) is 0 Å². The van der Waals surface area contributed by atoms with Crippen molar-refractivity contribution >= 4 is 33.6 Å². The Kier molecular flexibility index (Phi) is 97.4. The fraction of sp³-hybridized carbons (Fsp3) is 0.703. The van der Waals surface area contributed by atoms with Crippen LogP contribution < -0.4 is 0 Å². The molecule has 129 heavy (non-hydrogen) atoms. The highest BCUT2D eigenvalue weighted by atomic mass is 31.2. The summed E-state index contributed by atoms with van der Waals surface area (Å²) in [7, 11) is -9.82. The molecule has 0 bridgehead atoms. The Hall–Kier alpha value is -5.35. The Morgan fingerprint density at radius 3 is 0.651 bits per heavy atom. The number of phosphoric ester groups is 2. The summed E-state index contributed by atoms with van der Waals surface area (Å²) in [4.78, 5) is 59.2. The molecule has 0 radical (unpaired) electrons. The van der Waals surface area contributed by atoms with Crippen molar-refractivity contribution in [2.75, 3.05) is 39.6 Å². The first-order valence-electron chi connectivity index (χ1n) is 52.1. The van der Waals surface area contributed by atoms with Crippen molar-refractivity contribution in [3.05, 3.63) is 182 Å². The lowest BCUT2D eigenvalue weighted by Gasteiger charge is -2.21. The van der Waals surface area contributed by atoms with E-state index in [-0.39, 0.29) is 19.3 Å². The second-order valence-electron chi connectivity index (χ2n) is 34.6. The monoisotopic (exact) mass is 1840 g/mol. The third kappa shape index (κ3) is 103. The van der Waals surface area contributed by atoms with Gasteiger partial charge in [-0.05, 0) is 161 Å². The number of carbonyl (C=O) groups excluding carboxylic acids is 3. The minimum absolute atomic E-state index is 0.0953. The summed E-state index contributed by atoms with van der Waals surface area (Å²) in [6.45, 7) is 2.50. The van der Waals surface area contributed by atoms with Gasteiger partial charge in [0, 0.05) is 19.3 Å². The number of rotatable bonds is 98. The molecular formula is C111H190O16P2. The predicted octanol–water partition coefficient (Wildman–Crippen LogP) is 33.1. The molecular weight excluding hydrogens is 1650 g/mol. The molecule has 5 unspecified atom stereocenters. The van der Waals surface area contributed by atoms with Gasteiger partial charge in [-0.1, -0.05) is 447 Å². The van der Waals surface area contributed by atoms with E-state index in [2.05, 4.69) is 203 Å².